The van der Waals surface area contributed by atoms with E-state index < -0.39 is 0 Å². The van der Waals surface area contributed by atoms with E-state index in [0.717, 1.165) is 101 Å². The van der Waals surface area contributed by atoms with Crippen molar-refractivity contribution in [1.29, 1.82) is 0 Å². The number of nitrogens with one attached hydrogen (secondary N) is 2. The maximum atomic E-state index is 11.2. The number of nitrogens with zero attached hydrogens (tertiary/aromatic N) is 5. The van der Waals surface area contributed by atoms with Gasteiger partial charge in [-0.3, -0.25) is 14.9 Å². The van der Waals surface area contributed by atoms with Gasteiger partial charge in [0.1, 0.15) is 5.82 Å². The van der Waals surface area contributed by atoms with Gasteiger partial charge in [0.2, 0.25) is 11.9 Å². The molecular formula is C28H45N7O4. The van der Waals surface area contributed by atoms with E-state index in [0.29, 0.717) is 30.0 Å². The van der Waals surface area contributed by atoms with Gasteiger partial charge < -0.3 is 24.6 Å². The summed E-state index contributed by atoms with van der Waals surface area (Å²) in [7, 11) is 3.30. The largest absolute Gasteiger partial charge is 0.493 e. The topological polar surface area (TPSA) is 115 Å². The molecule has 0 atom stereocenters. The van der Waals surface area contributed by atoms with Crippen LogP contribution >= 0.6 is 0 Å². The zero-order valence-corrected chi connectivity index (χ0v) is 23.9. The quantitative estimate of drug-likeness (QED) is 0.210. The monoisotopic (exact) mass is 543 g/mol. The Labute approximate surface area is 231 Å². The molecule has 1 aromatic carbocycles. The Bertz CT molecular complexity index is 1080. The van der Waals surface area contributed by atoms with E-state index in [9.17, 15) is 4.79 Å². The normalized spacial score (nSPS) is 17.5. The zero-order valence-electron chi connectivity index (χ0n) is 23.9. The van der Waals surface area contributed by atoms with Crippen LogP contribution in [0.2, 0.25) is 0 Å². The molecule has 216 valence electrons. The van der Waals surface area contributed by atoms with Crippen LogP contribution in [0.1, 0.15) is 52.4 Å². The van der Waals surface area contributed by atoms with Gasteiger partial charge in [-0.15, -0.1) is 0 Å². The second-order valence-electron chi connectivity index (χ2n) is 10.8. The number of piperazine rings is 1. The molecule has 0 saturated carbocycles. The summed E-state index contributed by atoms with van der Waals surface area (Å²) < 4.78 is 11.2. The number of likely N-dealkylation sites (tertiary alicyclic amines) is 1. The average molecular weight is 544 g/mol. The summed E-state index contributed by atoms with van der Waals surface area (Å²) in [6, 6.07) is 4.85. The third-order valence-electron chi connectivity index (χ3n) is 7.95. The Balaban J connectivity index is 1.44. The summed E-state index contributed by atoms with van der Waals surface area (Å²) >= 11 is 0. The maximum absolute atomic E-state index is 11.2. The molecule has 2 aromatic rings. The number of anilines is 2. The number of ether oxygens (including phenoxy) is 2. The Morgan fingerprint density at radius 2 is 1.69 bits per heavy atom. The number of benzene rings is 1. The number of unbranched alkanes of at least 4 members (excludes halogenated alkanes) is 2. The van der Waals surface area contributed by atoms with E-state index in [1.54, 1.807) is 19.7 Å². The van der Waals surface area contributed by atoms with Gasteiger partial charge in [0, 0.05) is 69.2 Å². The van der Waals surface area contributed by atoms with Crippen molar-refractivity contribution in [3.63, 3.8) is 0 Å². The van der Waals surface area contributed by atoms with E-state index in [-0.39, 0.29) is 5.91 Å². The Morgan fingerprint density at radius 1 is 1.00 bits per heavy atom. The van der Waals surface area contributed by atoms with E-state index in [4.69, 9.17) is 24.6 Å². The number of aromatic nitrogens is 2. The summed E-state index contributed by atoms with van der Waals surface area (Å²) in [4.78, 5) is 28.4. The first kappa shape index (κ1) is 29.1. The molecule has 39 heavy (non-hydrogen) atoms. The smallest absolute Gasteiger partial charge is 0.243 e. The molecule has 0 unspecified atom stereocenters. The van der Waals surface area contributed by atoms with Crippen molar-refractivity contribution in [1.82, 2.24) is 25.2 Å². The lowest BCUT2D eigenvalue weighted by molar-refractivity contribution is -0.129. The number of fused-ring (bicyclic) bond motifs is 1. The lowest BCUT2D eigenvalue weighted by Crippen LogP contribution is -2.47. The second kappa shape index (κ2) is 14.0. The van der Waals surface area contributed by atoms with Crippen molar-refractivity contribution in [3.05, 3.63) is 12.1 Å². The van der Waals surface area contributed by atoms with Gasteiger partial charge in [0.25, 0.3) is 0 Å². The van der Waals surface area contributed by atoms with Gasteiger partial charge in [-0.2, -0.15) is 4.98 Å². The molecule has 0 bridgehead atoms. The highest BCUT2D eigenvalue weighted by Gasteiger charge is 2.25. The van der Waals surface area contributed by atoms with Gasteiger partial charge in [-0.25, -0.2) is 10.5 Å². The van der Waals surface area contributed by atoms with Crippen molar-refractivity contribution in [3.8, 4) is 11.5 Å². The number of piperidine rings is 1. The summed E-state index contributed by atoms with van der Waals surface area (Å²) in [5.41, 5.74) is 2.54. The molecule has 1 amide bonds. The maximum Gasteiger partial charge on any atom is 0.243 e. The van der Waals surface area contributed by atoms with Crippen molar-refractivity contribution in [2.75, 3.05) is 70.2 Å². The highest BCUT2D eigenvalue weighted by molar-refractivity contribution is 5.93. The molecule has 2 fully saturated rings. The lowest BCUT2D eigenvalue weighted by Gasteiger charge is -2.36. The molecule has 0 aliphatic carbocycles. The molecule has 2 saturated heterocycles. The summed E-state index contributed by atoms with van der Waals surface area (Å²) in [6.07, 6.45) is 5.32. The van der Waals surface area contributed by atoms with Crippen LogP contribution in [0.15, 0.2) is 12.1 Å². The number of hydrogen-bond acceptors (Lipinski definition) is 10. The van der Waals surface area contributed by atoms with Crippen molar-refractivity contribution in [2.24, 2.45) is 0 Å². The first-order valence-corrected chi connectivity index (χ1v) is 14.3. The molecule has 0 radical (unpaired) electrons. The van der Waals surface area contributed by atoms with Crippen LogP contribution < -0.4 is 25.2 Å². The molecule has 11 nitrogen and oxygen atoms in total. The van der Waals surface area contributed by atoms with Crippen LogP contribution in [-0.4, -0.2) is 103 Å². The number of carbonyl (C=O) groups excluding carboxylic acids is 1. The number of methoxy groups -OCH3 is 2. The predicted octanol–water partition coefficient (Wildman–Crippen LogP) is 3.12. The molecule has 3 N–H and O–H groups in total. The number of rotatable bonds is 12. The molecule has 11 heteroatoms. The van der Waals surface area contributed by atoms with Gasteiger partial charge >= 0.3 is 0 Å². The molecule has 1 aromatic heterocycles. The van der Waals surface area contributed by atoms with Crippen LogP contribution in [0.25, 0.3) is 10.9 Å². The number of amides is 1. The molecule has 4 rings (SSSR count). The minimum atomic E-state index is -0.315. The summed E-state index contributed by atoms with van der Waals surface area (Å²) in [5, 5.41) is 13.3. The van der Waals surface area contributed by atoms with E-state index >= 15 is 0 Å². The van der Waals surface area contributed by atoms with Crippen LogP contribution in [0.4, 0.5) is 11.8 Å². The Hall–Kier alpha value is -2.89. The summed E-state index contributed by atoms with van der Waals surface area (Å²) in [6.45, 7) is 11.3. The highest BCUT2D eigenvalue weighted by atomic mass is 16.5. The SMILES string of the molecule is COc1cc2nc(N3CCN(CCCCCC(=O)NO)CC3)nc(NC3CCN(C(C)C)CC3)c2cc1OC. The van der Waals surface area contributed by atoms with Crippen molar-refractivity contribution < 1.29 is 19.5 Å². The van der Waals surface area contributed by atoms with Crippen LogP contribution in [-0.2, 0) is 4.79 Å². The Morgan fingerprint density at radius 3 is 2.33 bits per heavy atom. The van der Waals surface area contributed by atoms with Crippen LogP contribution in [0.5, 0.6) is 11.5 Å². The van der Waals surface area contributed by atoms with Gasteiger partial charge in [0.15, 0.2) is 11.5 Å². The van der Waals surface area contributed by atoms with Crippen LogP contribution in [0, 0.1) is 0 Å². The van der Waals surface area contributed by atoms with Crippen LogP contribution in [0.3, 0.4) is 0 Å². The van der Waals surface area contributed by atoms with E-state index in [2.05, 4.69) is 33.9 Å². The highest BCUT2D eigenvalue weighted by Crippen LogP contribution is 2.36. The first-order chi connectivity index (χ1) is 18.9. The third-order valence-corrected chi connectivity index (χ3v) is 7.95. The number of hydrogen-bond donors (Lipinski definition) is 3. The zero-order chi connectivity index (χ0) is 27.8. The van der Waals surface area contributed by atoms with E-state index in [1.807, 2.05) is 12.1 Å². The second-order valence-corrected chi connectivity index (χ2v) is 10.8. The molecule has 3 heterocycles. The average Bonchev–Trinajstić information content (AvgIpc) is 2.96. The third kappa shape index (κ3) is 7.61. The van der Waals surface area contributed by atoms with E-state index in [1.165, 1.54) is 0 Å². The van der Waals surface area contributed by atoms with Gasteiger partial charge in [-0.05, 0) is 52.1 Å². The standard InChI is InChI=1S/C28H45N7O4/c1-20(2)34-12-9-21(10-13-34)29-27-22-18-24(38-3)25(39-4)19-23(22)30-28(31-27)35-16-14-33(15-17-35)11-7-5-6-8-26(36)32-37/h18-21,37H,5-17H2,1-4H3,(H,32,36)(H,29,30,31). The summed E-state index contributed by atoms with van der Waals surface area (Å²) in [5.74, 6) is 2.61. The molecule has 0 spiro atoms. The Kier molecular flexibility index (Phi) is 10.4. The molecule has 2 aliphatic rings. The number of carbonyl (C=O) groups is 1. The molecular weight excluding hydrogens is 498 g/mol. The molecule has 2 aliphatic heterocycles. The lowest BCUT2D eigenvalue weighted by atomic mass is 10.0. The van der Waals surface area contributed by atoms with Crippen molar-refractivity contribution in [2.45, 2.75) is 64.5 Å². The fraction of sp³-hybridized carbons (Fsp3) is 0.679. The predicted molar refractivity (Wildman–Crippen MR) is 153 cm³/mol. The van der Waals surface area contributed by atoms with Crippen molar-refractivity contribution >= 4 is 28.6 Å². The minimum Gasteiger partial charge on any atom is -0.493 e. The fourth-order valence-corrected chi connectivity index (χ4v) is 5.47. The van der Waals surface area contributed by atoms with Gasteiger partial charge in [0.05, 0.1) is 19.7 Å². The minimum absolute atomic E-state index is 0.315. The first-order valence-electron chi connectivity index (χ1n) is 14.3. The van der Waals surface area contributed by atoms with Gasteiger partial charge in [-0.1, -0.05) is 6.42 Å². The fourth-order valence-electron chi connectivity index (χ4n) is 5.47. The number of hydroxylamine groups is 1.